The van der Waals surface area contributed by atoms with Crippen molar-refractivity contribution < 1.29 is 0 Å². The summed E-state index contributed by atoms with van der Waals surface area (Å²) in [4.78, 5) is 0. The Morgan fingerprint density at radius 2 is 2.36 bits per heavy atom. The highest BCUT2D eigenvalue weighted by molar-refractivity contribution is 9.10. The van der Waals surface area contributed by atoms with Crippen LogP contribution in [0.15, 0.2) is 22.7 Å². The Morgan fingerprint density at radius 3 is 3.14 bits per heavy atom. The molecule has 0 fully saturated rings. The standard InChI is InChI=1S/C10H8BrN3/c11-7-3-4-8-9(2-1-5-12)13-14-10(8)6-7/h3-4,6H,5,12H2,(H,13,14). The summed E-state index contributed by atoms with van der Waals surface area (Å²) in [5.74, 6) is 5.73. The number of nitrogens with two attached hydrogens (primary N) is 1. The number of benzene rings is 1. The van der Waals surface area contributed by atoms with Crippen molar-refractivity contribution in [3.05, 3.63) is 28.4 Å². The van der Waals surface area contributed by atoms with E-state index in [0.717, 1.165) is 21.1 Å². The van der Waals surface area contributed by atoms with E-state index in [9.17, 15) is 0 Å². The number of aromatic amines is 1. The van der Waals surface area contributed by atoms with E-state index in [1.54, 1.807) is 0 Å². The maximum absolute atomic E-state index is 5.30. The van der Waals surface area contributed by atoms with Crippen molar-refractivity contribution in [2.45, 2.75) is 0 Å². The number of halogens is 1. The van der Waals surface area contributed by atoms with Crippen LogP contribution in [0.4, 0.5) is 0 Å². The second-order valence-corrected chi connectivity index (χ2v) is 3.68. The molecule has 14 heavy (non-hydrogen) atoms. The lowest BCUT2D eigenvalue weighted by atomic mass is 10.2. The third-order valence-electron chi connectivity index (χ3n) is 1.83. The molecule has 0 radical (unpaired) electrons. The van der Waals surface area contributed by atoms with Crippen LogP contribution in [0, 0.1) is 11.8 Å². The number of hydrogen-bond acceptors (Lipinski definition) is 2. The van der Waals surface area contributed by atoms with Gasteiger partial charge in [0.2, 0.25) is 0 Å². The molecule has 0 atom stereocenters. The van der Waals surface area contributed by atoms with Crippen molar-refractivity contribution in [3.63, 3.8) is 0 Å². The maximum atomic E-state index is 5.30. The van der Waals surface area contributed by atoms with Crippen LogP contribution in [-0.2, 0) is 0 Å². The lowest BCUT2D eigenvalue weighted by molar-refractivity contribution is 1.10. The van der Waals surface area contributed by atoms with Crippen LogP contribution in [0.2, 0.25) is 0 Å². The van der Waals surface area contributed by atoms with Gasteiger partial charge in [0.25, 0.3) is 0 Å². The van der Waals surface area contributed by atoms with Gasteiger partial charge in [-0.3, -0.25) is 5.10 Å². The van der Waals surface area contributed by atoms with Crippen molar-refractivity contribution in [2.24, 2.45) is 5.73 Å². The molecule has 4 heteroatoms. The quantitative estimate of drug-likeness (QED) is 0.698. The minimum Gasteiger partial charge on any atom is -0.320 e. The Labute approximate surface area is 89.8 Å². The molecule has 0 aliphatic carbocycles. The van der Waals surface area contributed by atoms with Crippen molar-refractivity contribution >= 4 is 26.8 Å². The van der Waals surface area contributed by atoms with Crippen LogP contribution < -0.4 is 5.73 Å². The Bertz CT molecular complexity index is 519. The molecule has 0 saturated carbocycles. The number of H-pyrrole nitrogens is 1. The van der Waals surface area contributed by atoms with Crippen molar-refractivity contribution in [3.8, 4) is 11.8 Å². The first-order valence-electron chi connectivity index (χ1n) is 4.14. The zero-order chi connectivity index (χ0) is 9.97. The van der Waals surface area contributed by atoms with Gasteiger partial charge in [0, 0.05) is 9.86 Å². The fourth-order valence-electron chi connectivity index (χ4n) is 1.22. The number of nitrogens with one attached hydrogen (secondary N) is 1. The van der Waals surface area contributed by atoms with Gasteiger partial charge < -0.3 is 5.73 Å². The fraction of sp³-hybridized carbons (Fsp3) is 0.100. The summed E-state index contributed by atoms with van der Waals surface area (Å²) in [5.41, 5.74) is 7.02. The smallest absolute Gasteiger partial charge is 0.115 e. The fourth-order valence-corrected chi connectivity index (χ4v) is 1.57. The summed E-state index contributed by atoms with van der Waals surface area (Å²) in [6.45, 7) is 0.358. The van der Waals surface area contributed by atoms with E-state index in [1.807, 2.05) is 18.2 Å². The molecule has 2 aromatic rings. The van der Waals surface area contributed by atoms with E-state index in [1.165, 1.54) is 0 Å². The van der Waals surface area contributed by atoms with E-state index >= 15 is 0 Å². The molecule has 0 aliphatic rings. The number of fused-ring (bicyclic) bond motifs is 1. The summed E-state index contributed by atoms with van der Waals surface area (Å²) in [6.07, 6.45) is 0. The van der Waals surface area contributed by atoms with E-state index in [-0.39, 0.29) is 0 Å². The Balaban J connectivity index is 2.58. The Morgan fingerprint density at radius 1 is 1.50 bits per heavy atom. The minimum atomic E-state index is 0.358. The lowest BCUT2D eigenvalue weighted by Crippen LogP contribution is -1.93. The Kier molecular flexibility index (Phi) is 2.53. The van der Waals surface area contributed by atoms with Gasteiger partial charge in [0.15, 0.2) is 0 Å². The zero-order valence-electron chi connectivity index (χ0n) is 7.34. The highest BCUT2D eigenvalue weighted by Gasteiger charge is 2.02. The minimum absolute atomic E-state index is 0.358. The van der Waals surface area contributed by atoms with Gasteiger partial charge in [0.1, 0.15) is 5.69 Å². The van der Waals surface area contributed by atoms with Crippen LogP contribution in [0.3, 0.4) is 0 Å². The van der Waals surface area contributed by atoms with Crippen LogP contribution in [-0.4, -0.2) is 16.7 Å². The van der Waals surface area contributed by atoms with Gasteiger partial charge in [-0.25, -0.2) is 0 Å². The van der Waals surface area contributed by atoms with Crippen LogP contribution in [0.25, 0.3) is 10.9 Å². The molecule has 0 aliphatic heterocycles. The van der Waals surface area contributed by atoms with Crippen LogP contribution >= 0.6 is 15.9 Å². The summed E-state index contributed by atoms with van der Waals surface area (Å²) >= 11 is 3.38. The third-order valence-corrected chi connectivity index (χ3v) is 2.33. The normalized spacial score (nSPS) is 9.86. The number of nitrogens with zero attached hydrogens (tertiary/aromatic N) is 1. The SMILES string of the molecule is NCC#Cc1[nH]nc2cc(Br)ccc12. The molecule has 0 amide bonds. The molecule has 1 aromatic carbocycles. The molecule has 3 N–H and O–H groups in total. The molecule has 1 heterocycles. The highest BCUT2D eigenvalue weighted by atomic mass is 79.9. The predicted molar refractivity (Wildman–Crippen MR) is 59.7 cm³/mol. The summed E-state index contributed by atoms with van der Waals surface area (Å²) in [5, 5.41) is 8.03. The van der Waals surface area contributed by atoms with Crippen molar-refractivity contribution in [1.82, 2.24) is 10.2 Å². The second-order valence-electron chi connectivity index (χ2n) is 2.77. The molecule has 0 saturated heterocycles. The lowest BCUT2D eigenvalue weighted by Gasteiger charge is -1.89. The van der Waals surface area contributed by atoms with Gasteiger partial charge >= 0.3 is 0 Å². The number of aromatic nitrogens is 2. The summed E-state index contributed by atoms with van der Waals surface area (Å²) in [7, 11) is 0. The average molecular weight is 250 g/mol. The predicted octanol–water partition coefficient (Wildman–Crippen LogP) is 1.64. The monoisotopic (exact) mass is 249 g/mol. The highest BCUT2D eigenvalue weighted by Crippen LogP contribution is 2.19. The molecule has 0 spiro atoms. The van der Waals surface area contributed by atoms with E-state index in [4.69, 9.17) is 5.73 Å². The van der Waals surface area contributed by atoms with Gasteiger partial charge in [-0.05, 0) is 24.1 Å². The molecule has 0 unspecified atom stereocenters. The molecule has 1 aromatic heterocycles. The second kappa shape index (κ2) is 3.82. The first-order valence-corrected chi connectivity index (χ1v) is 4.93. The van der Waals surface area contributed by atoms with E-state index in [2.05, 4.69) is 38.0 Å². The van der Waals surface area contributed by atoms with Gasteiger partial charge in [-0.15, -0.1) is 0 Å². The largest absolute Gasteiger partial charge is 0.320 e. The van der Waals surface area contributed by atoms with E-state index < -0.39 is 0 Å². The first-order chi connectivity index (χ1) is 6.81. The molecule has 70 valence electrons. The zero-order valence-corrected chi connectivity index (χ0v) is 8.93. The Hall–Kier alpha value is -1.31. The number of hydrogen-bond donors (Lipinski definition) is 2. The molecular weight excluding hydrogens is 242 g/mol. The molecule has 2 rings (SSSR count). The third kappa shape index (κ3) is 1.65. The number of rotatable bonds is 0. The maximum Gasteiger partial charge on any atom is 0.115 e. The molecule has 0 bridgehead atoms. The van der Waals surface area contributed by atoms with Crippen molar-refractivity contribution in [1.29, 1.82) is 0 Å². The summed E-state index contributed by atoms with van der Waals surface area (Å²) in [6, 6.07) is 5.88. The van der Waals surface area contributed by atoms with Crippen molar-refractivity contribution in [2.75, 3.05) is 6.54 Å². The van der Waals surface area contributed by atoms with E-state index in [0.29, 0.717) is 6.54 Å². The average Bonchev–Trinajstić information content (AvgIpc) is 2.57. The summed E-state index contributed by atoms with van der Waals surface area (Å²) < 4.78 is 1.01. The topological polar surface area (TPSA) is 54.7 Å². The van der Waals surface area contributed by atoms with Gasteiger partial charge in [0.05, 0.1) is 12.1 Å². The van der Waals surface area contributed by atoms with Crippen LogP contribution in [0.5, 0.6) is 0 Å². The van der Waals surface area contributed by atoms with Crippen LogP contribution in [0.1, 0.15) is 5.69 Å². The molecular formula is C10H8BrN3. The van der Waals surface area contributed by atoms with Gasteiger partial charge in [-0.1, -0.05) is 21.9 Å². The van der Waals surface area contributed by atoms with Gasteiger partial charge in [-0.2, -0.15) is 5.10 Å². The first kappa shape index (κ1) is 9.25. The molecule has 3 nitrogen and oxygen atoms in total.